The van der Waals surface area contributed by atoms with E-state index in [0.29, 0.717) is 18.7 Å². The quantitative estimate of drug-likeness (QED) is 0.574. The summed E-state index contributed by atoms with van der Waals surface area (Å²) in [7, 11) is 0. The van der Waals surface area contributed by atoms with Crippen LogP contribution < -0.4 is 5.32 Å². The van der Waals surface area contributed by atoms with E-state index in [9.17, 15) is 9.18 Å². The second kappa shape index (κ2) is 9.51. The summed E-state index contributed by atoms with van der Waals surface area (Å²) in [4.78, 5) is 19.4. The zero-order valence-corrected chi connectivity index (χ0v) is 18.9. The first-order valence-corrected chi connectivity index (χ1v) is 11.2. The highest BCUT2D eigenvalue weighted by Gasteiger charge is 2.28. The molecule has 3 heterocycles. The second-order valence-electron chi connectivity index (χ2n) is 8.64. The van der Waals surface area contributed by atoms with Crippen LogP contribution in [0.4, 0.5) is 15.8 Å². The van der Waals surface area contributed by atoms with Crippen LogP contribution in [0.15, 0.2) is 42.5 Å². The van der Waals surface area contributed by atoms with Crippen LogP contribution in [0.5, 0.6) is 0 Å². The summed E-state index contributed by atoms with van der Waals surface area (Å²) in [6, 6.07) is 12.4. The fourth-order valence-electron chi connectivity index (χ4n) is 4.38. The number of halogens is 1. The molecule has 2 aromatic heterocycles. The van der Waals surface area contributed by atoms with Gasteiger partial charge in [-0.1, -0.05) is 6.07 Å². The summed E-state index contributed by atoms with van der Waals surface area (Å²) in [6.45, 7) is 8.19. The molecule has 0 aliphatic carbocycles. The number of amides is 1. The summed E-state index contributed by atoms with van der Waals surface area (Å²) in [5.41, 5.74) is 5.59. The van der Waals surface area contributed by atoms with E-state index in [4.69, 9.17) is 4.98 Å². The highest BCUT2D eigenvalue weighted by atomic mass is 19.1. The zero-order valence-electron chi connectivity index (χ0n) is 18.9. The first-order valence-electron chi connectivity index (χ1n) is 11.2. The van der Waals surface area contributed by atoms with Crippen LogP contribution in [0.1, 0.15) is 48.0 Å². The number of aromatic nitrogens is 3. The van der Waals surface area contributed by atoms with Gasteiger partial charge in [-0.3, -0.25) is 14.5 Å². The van der Waals surface area contributed by atoms with Crippen molar-refractivity contribution >= 4 is 17.3 Å². The topological polar surface area (TPSA) is 63.1 Å². The average Bonchev–Trinajstić information content (AvgIpc) is 3.34. The lowest BCUT2D eigenvalue weighted by Gasteiger charge is -2.17. The number of nitrogens with one attached hydrogen (secondary N) is 1. The Labute approximate surface area is 188 Å². The molecule has 1 atom stereocenters. The lowest BCUT2D eigenvalue weighted by Crippen LogP contribution is -2.28. The van der Waals surface area contributed by atoms with Crippen molar-refractivity contribution < 1.29 is 9.18 Å². The van der Waals surface area contributed by atoms with Crippen LogP contribution >= 0.6 is 0 Å². The van der Waals surface area contributed by atoms with Crippen molar-refractivity contribution in [3.8, 4) is 0 Å². The molecule has 1 saturated heterocycles. The van der Waals surface area contributed by atoms with Crippen molar-refractivity contribution in [3.05, 3.63) is 71.1 Å². The highest BCUT2D eigenvalue weighted by Crippen LogP contribution is 2.29. The Kier molecular flexibility index (Phi) is 6.53. The van der Waals surface area contributed by atoms with Gasteiger partial charge in [-0.05, 0) is 70.0 Å². The number of pyridine rings is 1. The van der Waals surface area contributed by atoms with E-state index in [1.807, 2.05) is 48.6 Å². The molecule has 168 valence electrons. The number of anilines is 2. The predicted octanol–water partition coefficient (Wildman–Crippen LogP) is 4.88. The number of carbonyl (C=O) groups excluding carboxylic acids is 1. The van der Waals surface area contributed by atoms with Gasteiger partial charge in [0, 0.05) is 60.4 Å². The molecule has 7 heteroatoms. The maximum atomic E-state index is 13.5. The SMILES string of the molecule is Cc1cc(Nc2cccc(F)c2)cc([C@H]2CCN(C(=O)CCCn3nc(C)cc3C)C2)n1. The van der Waals surface area contributed by atoms with Crippen LogP contribution in [0.25, 0.3) is 0 Å². The van der Waals surface area contributed by atoms with Crippen molar-refractivity contribution in [2.75, 3.05) is 18.4 Å². The van der Waals surface area contributed by atoms with Crippen molar-refractivity contribution in [2.24, 2.45) is 0 Å². The molecule has 0 radical (unpaired) electrons. The molecule has 1 aliphatic heterocycles. The normalized spacial score (nSPS) is 15.9. The molecule has 1 amide bonds. The second-order valence-corrected chi connectivity index (χ2v) is 8.64. The van der Waals surface area contributed by atoms with E-state index in [0.717, 1.165) is 54.4 Å². The van der Waals surface area contributed by atoms with E-state index in [2.05, 4.69) is 16.5 Å². The van der Waals surface area contributed by atoms with E-state index in [-0.39, 0.29) is 17.6 Å². The molecule has 3 aromatic rings. The fraction of sp³-hybridized carbons (Fsp3) is 0.400. The van der Waals surface area contributed by atoms with Crippen LogP contribution in [-0.2, 0) is 11.3 Å². The Morgan fingerprint density at radius 1 is 1.12 bits per heavy atom. The number of hydrogen-bond acceptors (Lipinski definition) is 4. The van der Waals surface area contributed by atoms with Crippen LogP contribution in [-0.4, -0.2) is 38.7 Å². The minimum absolute atomic E-state index is 0.194. The molecule has 32 heavy (non-hydrogen) atoms. The van der Waals surface area contributed by atoms with Crippen molar-refractivity contribution in [3.63, 3.8) is 0 Å². The Morgan fingerprint density at radius 3 is 2.72 bits per heavy atom. The third kappa shape index (κ3) is 5.33. The van der Waals surface area contributed by atoms with E-state index in [1.54, 1.807) is 6.07 Å². The van der Waals surface area contributed by atoms with Crippen molar-refractivity contribution in [1.29, 1.82) is 0 Å². The van der Waals surface area contributed by atoms with Crippen LogP contribution in [0.2, 0.25) is 0 Å². The van der Waals surface area contributed by atoms with Gasteiger partial charge in [0.2, 0.25) is 5.91 Å². The molecule has 1 N–H and O–H groups in total. The maximum absolute atomic E-state index is 13.5. The van der Waals surface area contributed by atoms with Gasteiger partial charge in [-0.15, -0.1) is 0 Å². The molecule has 6 nitrogen and oxygen atoms in total. The first kappa shape index (κ1) is 22.0. The molecule has 1 aliphatic rings. The van der Waals surface area contributed by atoms with Crippen molar-refractivity contribution in [1.82, 2.24) is 19.7 Å². The highest BCUT2D eigenvalue weighted by molar-refractivity contribution is 5.76. The minimum atomic E-state index is -0.274. The smallest absolute Gasteiger partial charge is 0.222 e. The molecule has 1 fully saturated rings. The van der Waals surface area contributed by atoms with Gasteiger partial charge in [0.15, 0.2) is 0 Å². The number of rotatable bonds is 7. The van der Waals surface area contributed by atoms with E-state index in [1.165, 1.54) is 12.1 Å². The number of benzene rings is 1. The Hall–Kier alpha value is -3.22. The molecule has 0 spiro atoms. The Morgan fingerprint density at radius 2 is 1.97 bits per heavy atom. The molecule has 0 unspecified atom stereocenters. The number of likely N-dealkylation sites (tertiary alicyclic amines) is 1. The number of aryl methyl sites for hydroxylation is 4. The summed E-state index contributed by atoms with van der Waals surface area (Å²) in [5.74, 6) is 0.131. The third-order valence-electron chi connectivity index (χ3n) is 5.91. The van der Waals surface area contributed by atoms with Gasteiger partial charge < -0.3 is 10.2 Å². The fourth-order valence-corrected chi connectivity index (χ4v) is 4.38. The van der Waals surface area contributed by atoms with Gasteiger partial charge >= 0.3 is 0 Å². The zero-order chi connectivity index (χ0) is 22.7. The molecule has 0 bridgehead atoms. The Balaban J connectivity index is 1.34. The summed E-state index contributed by atoms with van der Waals surface area (Å²) in [6.07, 6.45) is 2.21. The molecule has 4 rings (SSSR count). The Bertz CT molecular complexity index is 1110. The largest absolute Gasteiger partial charge is 0.355 e. The van der Waals surface area contributed by atoms with Crippen LogP contribution in [0.3, 0.4) is 0 Å². The summed E-state index contributed by atoms with van der Waals surface area (Å²) >= 11 is 0. The summed E-state index contributed by atoms with van der Waals surface area (Å²) < 4.78 is 15.5. The molecular weight excluding hydrogens is 405 g/mol. The number of carbonyl (C=O) groups is 1. The monoisotopic (exact) mass is 435 g/mol. The van der Waals surface area contributed by atoms with Crippen LogP contribution in [0, 0.1) is 26.6 Å². The van der Waals surface area contributed by atoms with Gasteiger partial charge in [-0.25, -0.2) is 4.39 Å². The first-order chi connectivity index (χ1) is 15.4. The standard InChI is InChI=1S/C25H30FN5O/c1-17-13-23(28-22-7-4-6-21(26)14-22)15-24(27-17)20-9-11-30(16-20)25(32)8-5-10-31-19(3)12-18(2)29-31/h4,6-7,12-15,20H,5,8-11,16H2,1-3H3,(H,27,28)/t20-/m0/s1. The predicted molar refractivity (Wildman–Crippen MR) is 124 cm³/mol. The van der Waals surface area contributed by atoms with Crippen molar-refractivity contribution in [2.45, 2.75) is 52.5 Å². The molecular formula is C25H30FN5O. The van der Waals surface area contributed by atoms with Gasteiger partial charge in [0.1, 0.15) is 5.82 Å². The average molecular weight is 436 g/mol. The number of hydrogen-bond donors (Lipinski definition) is 1. The maximum Gasteiger partial charge on any atom is 0.222 e. The van der Waals surface area contributed by atoms with Gasteiger partial charge in [0.25, 0.3) is 0 Å². The van der Waals surface area contributed by atoms with E-state index < -0.39 is 0 Å². The van der Waals surface area contributed by atoms with E-state index >= 15 is 0 Å². The third-order valence-corrected chi connectivity index (χ3v) is 5.91. The molecule has 1 aromatic carbocycles. The number of nitrogens with zero attached hydrogens (tertiary/aromatic N) is 4. The summed E-state index contributed by atoms with van der Waals surface area (Å²) in [5, 5.41) is 7.73. The van der Waals surface area contributed by atoms with Gasteiger partial charge in [-0.2, -0.15) is 5.10 Å². The minimum Gasteiger partial charge on any atom is -0.355 e. The lowest BCUT2D eigenvalue weighted by molar-refractivity contribution is -0.130. The van der Waals surface area contributed by atoms with Gasteiger partial charge in [0.05, 0.1) is 5.69 Å². The molecule has 0 saturated carbocycles. The lowest BCUT2D eigenvalue weighted by atomic mass is 10.0.